The average molecular weight is 453 g/mol. The van der Waals surface area contributed by atoms with Crippen LogP contribution in [0.1, 0.15) is 51.3 Å². The molecular formula is C27H36N2O4. The fourth-order valence-electron chi connectivity index (χ4n) is 4.45. The lowest BCUT2D eigenvalue weighted by Crippen LogP contribution is -2.48. The number of hydrogen-bond acceptors (Lipinski definition) is 5. The van der Waals surface area contributed by atoms with Crippen LogP contribution in [0.4, 0.5) is 0 Å². The first-order valence-corrected chi connectivity index (χ1v) is 11.8. The van der Waals surface area contributed by atoms with Crippen LogP contribution in [0.3, 0.4) is 0 Å². The van der Waals surface area contributed by atoms with Gasteiger partial charge in [0.25, 0.3) is 5.91 Å². The van der Waals surface area contributed by atoms with E-state index in [0.717, 1.165) is 17.7 Å². The van der Waals surface area contributed by atoms with E-state index in [1.54, 1.807) is 0 Å². The first-order valence-electron chi connectivity index (χ1n) is 11.8. The largest absolute Gasteiger partial charge is 0.488 e. The molecule has 4 rings (SSSR count). The summed E-state index contributed by atoms with van der Waals surface area (Å²) in [7, 11) is 0. The van der Waals surface area contributed by atoms with Gasteiger partial charge in [-0.3, -0.25) is 4.79 Å². The predicted octanol–water partition coefficient (Wildman–Crippen LogP) is 4.06. The van der Waals surface area contributed by atoms with Crippen molar-refractivity contribution in [2.75, 3.05) is 13.1 Å². The van der Waals surface area contributed by atoms with Crippen LogP contribution in [0, 0.1) is 0 Å². The number of benzene rings is 2. The van der Waals surface area contributed by atoms with Gasteiger partial charge in [-0.1, -0.05) is 36.4 Å². The Morgan fingerprint density at radius 3 is 2.48 bits per heavy atom. The van der Waals surface area contributed by atoms with Crippen LogP contribution in [-0.4, -0.2) is 47.5 Å². The fraction of sp³-hybridized carbons (Fsp3) is 0.519. The van der Waals surface area contributed by atoms with Gasteiger partial charge in [0, 0.05) is 26.2 Å². The van der Waals surface area contributed by atoms with Crippen molar-refractivity contribution in [1.82, 2.24) is 10.2 Å². The molecule has 1 amide bonds. The predicted molar refractivity (Wildman–Crippen MR) is 128 cm³/mol. The average Bonchev–Trinajstić information content (AvgIpc) is 3.07. The van der Waals surface area contributed by atoms with Crippen molar-refractivity contribution in [3.63, 3.8) is 0 Å². The highest BCUT2D eigenvalue weighted by molar-refractivity contribution is 5.82. The Hall–Kier alpha value is -2.41. The lowest BCUT2D eigenvalue weighted by molar-refractivity contribution is -0.162. The van der Waals surface area contributed by atoms with E-state index >= 15 is 0 Å². The Morgan fingerprint density at radius 1 is 1.09 bits per heavy atom. The molecule has 0 unspecified atom stereocenters. The molecule has 0 bridgehead atoms. The van der Waals surface area contributed by atoms with Gasteiger partial charge >= 0.3 is 0 Å². The van der Waals surface area contributed by atoms with Gasteiger partial charge in [0.2, 0.25) is 0 Å². The number of fused-ring (bicyclic) bond motifs is 1. The number of amides is 1. The Balaban J connectivity index is 1.34. The van der Waals surface area contributed by atoms with Crippen molar-refractivity contribution in [2.45, 2.75) is 77.7 Å². The molecule has 6 heteroatoms. The van der Waals surface area contributed by atoms with E-state index in [9.17, 15) is 4.79 Å². The Morgan fingerprint density at radius 2 is 1.79 bits per heavy atom. The molecule has 1 saturated heterocycles. The maximum Gasteiger partial charge on any atom is 0.254 e. The number of nitrogens with one attached hydrogen (secondary N) is 1. The van der Waals surface area contributed by atoms with Crippen molar-refractivity contribution in [1.29, 1.82) is 0 Å². The van der Waals surface area contributed by atoms with E-state index < -0.39 is 11.9 Å². The van der Waals surface area contributed by atoms with Gasteiger partial charge < -0.3 is 24.4 Å². The summed E-state index contributed by atoms with van der Waals surface area (Å²) in [6.45, 7) is 12.4. The van der Waals surface area contributed by atoms with E-state index in [0.29, 0.717) is 26.2 Å². The zero-order valence-corrected chi connectivity index (χ0v) is 20.4. The highest BCUT2D eigenvalue weighted by atomic mass is 16.8. The first kappa shape index (κ1) is 23.7. The van der Waals surface area contributed by atoms with Crippen LogP contribution < -0.4 is 10.1 Å². The third-order valence-corrected chi connectivity index (χ3v) is 5.89. The molecule has 1 fully saturated rings. The van der Waals surface area contributed by atoms with E-state index in [1.807, 2.05) is 57.7 Å². The molecule has 33 heavy (non-hydrogen) atoms. The SMILES string of the molecule is CC(C)(C)Oc1ccc(CNC[C@@H]2OC(C)(C)O[C@H]2C(=O)N2CCc3ccccc3C2)cc1. The van der Waals surface area contributed by atoms with Gasteiger partial charge in [-0.25, -0.2) is 0 Å². The summed E-state index contributed by atoms with van der Waals surface area (Å²) in [5, 5.41) is 3.44. The Labute approximate surface area is 197 Å². The van der Waals surface area contributed by atoms with Crippen molar-refractivity contribution in [2.24, 2.45) is 0 Å². The molecule has 2 aromatic rings. The number of hydrogen-bond donors (Lipinski definition) is 1. The number of nitrogens with zero attached hydrogens (tertiary/aromatic N) is 1. The van der Waals surface area contributed by atoms with Gasteiger partial charge in [-0.05, 0) is 69.9 Å². The molecule has 0 spiro atoms. The molecule has 2 aromatic carbocycles. The fourth-order valence-corrected chi connectivity index (χ4v) is 4.45. The van der Waals surface area contributed by atoms with Crippen LogP contribution in [0.5, 0.6) is 5.75 Å². The van der Waals surface area contributed by atoms with Crippen molar-refractivity contribution < 1.29 is 19.0 Å². The summed E-state index contributed by atoms with van der Waals surface area (Å²) in [5.74, 6) is 0.0756. The summed E-state index contributed by atoms with van der Waals surface area (Å²) in [5.41, 5.74) is 3.46. The Bertz CT molecular complexity index is 965. The smallest absolute Gasteiger partial charge is 0.254 e. The molecule has 0 saturated carbocycles. The van der Waals surface area contributed by atoms with Gasteiger partial charge in [0.1, 0.15) is 17.5 Å². The van der Waals surface area contributed by atoms with Crippen LogP contribution >= 0.6 is 0 Å². The molecule has 6 nitrogen and oxygen atoms in total. The zero-order valence-electron chi connectivity index (χ0n) is 20.4. The summed E-state index contributed by atoms with van der Waals surface area (Å²) >= 11 is 0. The minimum atomic E-state index is -0.785. The standard InChI is InChI=1S/C27H36N2O4/c1-26(2,3)31-22-12-10-19(11-13-22)16-28-17-23-24(33-27(4,5)32-23)25(30)29-15-14-20-8-6-7-9-21(20)18-29/h6-13,23-24,28H,14-18H2,1-5H3/t23-,24+/m0/s1. The number of carbonyl (C=O) groups is 1. The quantitative estimate of drug-likeness (QED) is 0.716. The summed E-state index contributed by atoms with van der Waals surface area (Å²) < 4.78 is 18.0. The van der Waals surface area contributed by atoms with Crippen LogP contribution in [0.25, 0.3) is 0 Å². The third-order valence-electron chi connectivity index (χ3n) is 5.89. The van der Waals surface area contributed by atoms with Gasteiger partial charge in [0.15, 0.2) is 11.9 Å². The zero-order chi connectivity index (χ0) is 23.6. The highest BCUT2D eigenvalue weighted by Gasteiger charge is 2.46. The second kappa shape index (κ2) is 9.45. The van der Waals surface area contributed by atoms with Gasteiger partial charge in [-0.15, -0.1) is 0 Å². The number of carbonyl (C=O) groups excluding carboxylic acids is 1. The van der Waals surface area contributed by atoms with Crippen molar-refractivity contribution >= 4 is 5.91 Å². The van der Waals surface area contributed by atoms with E-state index in [4.69, 9.17) is 14.2 Å². The summed E-state index contributed by atoms with van der Waals surface area (Å²) in [4.78, 5) is 15.3. The molecule has 1 N–H and O–H groups in total. The topological polar surface area (TPSA) is 60.0 Å². The third kappa shape index (κ3) is 6.14. The Kier molecular flexibility index (Phi) is 6.80. The molecule has 0 aliphatic carbocycles. The molecule has 178 valence electrons. The minimum absolute atomic E-state index is 0.00515. The van der Waals surface area contributed by atoms with Gasteiger partial charge in [0.05, 0.1) is 0 Å². The lowest BCUT2D eigenvalue weighted by Gasteiger charge is -2.31. The molecule has 0 aromatic heterocycles. The monoisotopic (exact) mass is 452 g/mol. The normalized spacial score (nSPS) is 22.2. The van der Waals surface area contributed by atoms with Crippen molar-refractivity contribution in [3.05, 3.63) is 65.2 Å². The second-order valence-electron chi connectivity index (χ2n) is 10.4. The molecule has 0 radical (unpaired) electrons. The molecule has 2 heterocycles. The number of rotatable bonds is 6. The minimum Gasteiger partial charge on any atom is -0.488 e. The summed E-state index contributed by atoms with van der Waals surface area (Å²) in [6.07, 6.45) is -0.0787. The van der Waals surface area contributed by atoms with E-state index in [1.165, 1.54) is 11.1 Å². The molecule has 2 aliphatic rings. The maximum atomic E-state index is 13.4. The second-order valence-corrected chi connectivity index (χ2v) is 10.4. The molecule has 2 aliphatic heterocycles. The van der Waals surface area contributed by atoms with Crippen LogP contribution in [-0.2, 0) is 33.8 Å². The molecule has 2 atom stereocenters. The van der Waals surface area contributed by atoms with Gasteiger partial charge in [-0.2, -0.15) is 0 Å². The van der Waals surface area contributed by atoms with E-state index in [2.05, 4.69) is 35.6 Å². The van der Waals surface area contributed by atoms with Crippen LogP contribution in [0.15, 0.2) is 48.5 Å². The molecular weight excluding hydrogens is 416 g/mol. The number of ether oxygens (including phenoxy) is 3. The lowest BCUT2D eigenvalue weighted by atomic mass is 9.99. The highest BCUT2D eigenvalue weighted by Crippen LogP contribution is 2.30. The van der Waals surface area contributed by atoms with Crippen LogP contribution in [0.2, 0.25) is 0 Å². The summed E-state index contributed by atoms with van der Waals surface area (Å²) in [6, 6.07) is 16.4. The van der Waals surface area contributed by atoms with Crippen molar-refractivity contribution in [3.8, 4) is 5.75 Å². The van der Waals surface area contributed by atoms with E-state index in [-0.39, 0.29) is 17.6 Å². The maximum absolute atomic E-state index is 13.4. The first-order chi connectivity index (χ1) is 15.6.